The van der Waals surface area contributed by atoms with Gasteiger partial charge in [0.2, 0.25) is 11.8 Å². The number of hydrogen-bond donors (Lipinski definition) is 3. The van der Waals surface area contributed by atoms with Crippen molar-refractivity contribution >= 4 is 29.1 Å². The van der Waals surface area contributed by atoms with Crippen LogP contribution in [-0.4, -0.2) is 17.9 Å². The molecule has 3 rings (SSSR count). The first-order valence-electron chi connectivity index (χ1n) is 7.13. The van der Waals surface area contributed by atoms with Crippen molar-refractivity contribution in [3.63, 3.8) is 0 Å². The van der Waals surface area contributed by atoms with Crippen LogP contribution in [0.25, 0.3) is 0 Å². The minimum atomic E-state index is -0.557. The molecule has 2 saturated carbocycles. The normalized spacial score (nSPS) is 30.4. The fourth-order valence-electron chi connectivity index (χ4n) is 3.72. The Labute approximate surface area is 128 Å². The molecule has 5 N–H and O–H groups in total. The molecule has 1 aromatic rings. The molecular weight excluding hydrogens is 290 g/mol. The van der Waals surface area contributed by atoms with Crippen molar-refractivity contribution in [3.8, 4) is 0 Å². The number of carbonyl (C=O) groups is 2. The average Bonchev–Trinajstić information content (AvgIpc) is 3.01. The van der Waals surface area contributed by atoms with Gasteiger partial charge in [0.15, 0.2) is 0 Å². The molecule has 1 aromatic carbocycles. The summed E-state index contributed by atoms with van der Waals surface area (Å²) in [6.07, 6.45) is 3.22. The quantitative estimate of drug-likeness (QED) is 0.793. The van der Waals surface area contributed by atoms with Crippen molar-refractivity contribution in [2.24, 2.45) is 29.2 Å². The second-order valence-electron chi connectivity index (χ2n) is 5.98. The van der Waals surface area contributed by atoms with Gasteiger partial charge >= 0.3 is 0 Å². The number of rotatable bonds is 3. The highest BCUT2D eigenvalue weighted by molar-refractivity contribution is 6.33. The zero-order valence-corrected chi connectivity index (χ0v) is 12.3. The zero-order chi connectivity index (χ0) is 15.1. The molecule has 112 valence electrons. The summed E-state index contributed by atoms with van der Waals surface area (Å²) in [5, 5.41) is 3.18. The summed E-state index contributed by atoms with van der Waals surface area (Å²) < 4.78 is 0. The molecule has 2 aliphatic carbocycles. The number of nitrogens with two attached hydrogens (primary N) is 2. The summed E-state index contributed by atoms with van der Waals surface area (Å²) in [6, 6.07) is 4.50. The lowest BCUT2D eigenvalue weighted by atomic mass is 9.84. The van der Waals surface area contributed by atoms with Gasteiger partial charge in [-0.2, -0.15) is 0 Å². The van der Waals surface area contributed by atoms with Gasteiger partial charge < -0.3 is 16.8 Å². The summed E-state index contributed by atoms with van der Waals surface area (Å²) in [6.45, 7) is 0. The molecule has 4 unspecified atom stereocenters. The molecule has 0 aromatic heterocycles. The minimum absolute atomic E-state index is 0.0816. The van der Waals surface area contributed by atoms with Gasteiger partial charge in [-0.3, -0.25) is 9.59 Å². The van der Waals surface area contributed by atoms with Crippen molar-refractivity contribution in [3.05, 3.63) is 28.8 Å². The van der Waals surface area contributed by atoms with Crippen molar-refractivity contribution < 1.29 is 9.59 Å². The van der Waals surface area contributed by atoms with E-state index in [1.807, 2.05) is 0 Å². The van der Waals surface area contributed by atoms with Gasteiger partial charge in [-0.15, -0.1) is 0 Å². The van der Waals surface area contributed by atoms with Gasteiger partial charge in [0.05, 0.1) is 16.6 Å². The van der Waals surface area contributed by atoms with E-state index in [1.54, 1.807) is 6.07 Å². The third-order valence-electron chi connectivity index (χ3n) is 4.79. The molecule has 6 heteroatoms. The van der Waals surface area contributed by atoms with Crippen LogP contribution in [-0.2, 0) is 4.79 Å². The van der Waals surface area contributed by atoms with E-state index in [2.05, 4.69) is 5.32 Å². The minimum Gasteiger partial charge on any atom is -0.366 e. The van der Waals surface area contributed by atoms with Crippen molar-refractivity contribution in [1.29, 1.82) is 0 Å². The van der Waals surface area contributed by atoms with Crippen molar-refractivity contribution in [2.75, 3.05) is 5.32 Å². The molecule has 0 saturated heterocycles. The lowest BCUT2D eigenvalue weighted by Gasteiger charge is -2.27. The van der Waals surface area contributed by atoms with Gasteiger partial charge in [0, 0.05) is 11.6 Å². The van der Waals surface area contributed by atoms with E-state index in [4.69, 9.17) is 23.1 Å². The van der Waals surface area contributed by atoms with Crippen LogP contribution in [0.3, 0.4) is 0 Å². The highest BCUT2D eigenvalue weighted by Gasteiger charge is 2.49. The monoisotopic (exact) mass is 307 g/mol. The van der Waals surface area contributed by atoms with E-state index >= 15 is 0 Å². The SMILES string of the molecule is NC(=O)c1ccc(Cl)c(NC(=O)C2C3CCC(C3)C2N)c1. The topological polar surface area (TPSA) is 98.2 Å². The fourth-order valence-corrected chi connectivity index (χ4v) is 3.88. The number of hydrogen-bond acceptors (Lipinski definition) is 3. The molecule has 4 atom stereocenters. The van der Waals surface area contributed by atoms with Crippen LogP contribution in [0.2, 0.25) is 5.02 Å². The van der Waals surface area contributed by atoms with E-state index < -0.39 is 5.91 Å². The molecule has 0 spiro atoms. The van der Waals surface area contributed by atoms with Crippen LogP contribution in [0.1, 0.15) is 29.6 Å². The Bertz CT molecular complexity index is 603. The number of fused-ring (bicyclic) bond motifs is 2. The van der Waals surface area contributed by atoms with Crippen LogP contribution in [0, 0.1) is 17.8 Å². The predicted octanol–water partition coefficient (Wildman–Crippen LogP) is 1.75. The number of carbonyl (C=O) groups excluding carboxylic acids is 2. The Morgan fingerprint density at radius 1 is 1.24 bits per heavy atom. The predicted molar refractivity (Wildman–Crippen MR) is 80.9 cm³/mol. The molecular formula is C15H18ClN3O2. The first-order valence-corrected chi connectivity index (χ1v) is 7.51. The summed E-state index contributed by atoms with van der Waals surface area (Å²) in [4.78, 5) is 23.7. The number of benzene rings is 1. The van der Waals surface area contributed by atoms with E-state index in [-0.39, 0.29) is 17.9 Å². The maximum Gasteiger partial charge on any atom is 0.248 e. The van der Waals surface area contributed by atoms with Gasteiger partial charge in [0.25, 0.3) is 0 Å². The summed E-state index contributed by atoms with van der Waals surface area (Å²) in [5.74, 6) is -0.0182. The summed E-state index contributed by atoms with van der Waals surface area (Å²) in [5.41, 5.74) is 12.1. The Balaban J connectivity index is 1.79. The fraction of sp³-hybridized carbons (Fsp3) is 0.467. The second kappa shape index (κ2) is 5.31. The molecule has 2 amide bonds. The number of nitrogens with one attached hydrogen (secondary N) is 1. The second-order valence-corrected chi connectivity index (χ2v) is 6.39. The van der Waals surface area contributed by atoms with Crippen LogP contribution in [0.5, 0.6) is 0 Å². The van der Waals surface area contributed by atoms with Crippen LogP contribution in [0.4, 0.5) is 5.69 Å². The number of halogens is 1. The molecule has 2 fully saturated rings. The molecule has 2 bridgehead atoms. The lowest BCUT2D eigenvalue weighted by Crippen LogP contribution is -2.42. The number of anilines is 1. The van der Waals surface area contributed by atoms with Crippen LogP contribution in [0.15, 0.2) is 18.2 Å². The first kappa shape index (κ1) is 14.4. The largest absolute Gasteiger partial charge is 0.366 e. The number of amides is 2. The van der Waals surface area contributed by atoms with E-state index in [9.17, 15) is 9.59 Å². The van der Waals surface area contributed by atoms with Gasteiger partial charge in [0.1, 0.15) is 0 Å². The maximum atomic E-state index is 12.5. The van der Waals surface area contributed by atoms with Crippen molar-refractivity contribution in [1.82, 2.24) is 0 Å². The summed E-state index contributed by atoms with van der Waals surface area (Å²) >= 11 is 6.07. The van der Waals surface area contributed by atoms with E-state index in [1.165, 1.54) is 12.1 Å². The van der Waals surface area contributed by atoms with Gasteiger partial charge in [-0.25, -0.2) is 0 Å². The summed E-state index contributed by atoms with van der Waals surface area (Å²) in [7, 11) is 0. The highest BCUT2D eigenvalue weighted by atomic mass is 35.5. The van der Waals surface area contributed by atoms with Gasteiger partial charge in [-0.05, 0) is 49.3 Å². The number of primary amides is 1. The average molecular weight is 308 g/mol. The molecule has 0 radical (unpaired) electrons. The molecule has 0 aliphatic heterocycles. The van der Waals surface area contributed by atoms with Crippen LogP contribution < -0.4 is 16.8 Å². The molecule has 5 nitrogen and oxygen atoms in total. The Morgan fingerprint density at radius 3 is 2.57 bits per heavy atom. The smallest absolute Gasteiger partial charge is 0.248 e. The standard InChI is InChI=1S/C15H18ClN3O2/c16-10-4-3-9(14(18)20)6-11(10)19-15(21)12-7-1-2-8(5-7)13(12)17/h3-4,6-8,12-13H,1-2,5,17H2,(H2,18,20)(H,19,21). The Morgan fingerprint density at radius 2 is 1.95 bits per heavy atom. The molecule has 21 heavy (non-hydrogen) atoms. The molecule has 0 heterocycles. The Hall–Kier alpha value is -1.59. The third kappa shape index (κ3) is 2.51. The zero-order valence-electron chi connectivity index (χ0n) is 11.5. The van der Waals surface area contributed by atoms with Crippen molar-refractivity contribution in [2.45, 2.75) is 25.3 Å². The van der Waals surface area contributed by atoms with E-state index in [0.29, 0.717) is 28.1 Å². The highest BCUT2D eigenvalue weighted by Crippen LogP contribution is 2.48. The first-order chi connectivity index (χ1) is 9.97. The maximum absolute atomic E-state index is 12.5. The lowest BCUT2D eigenvalue weighted by molar-refractivity contribution is -0.121. The molecule has 2 aliphatic rings. The van der Waals surface area contributed by atoms with Gasteiger partial charge in [-0.1, -0.05) is 11.6 Å². The third-order valence-corrected chi connectivity index (χ3v) is 5.12. The van der Waals surface area contributed by atoms with E-state index in [0.717, 1.165) is 19.3 Å². The Kier molecular flexibility index (Phi) is 3.63. The van der Waals surface area contributed by atoms with Crippen LogP contribution >= 0.6 is 11.6 Å².